The summed E-state index contributed by atoms with van der Waals surface area (Å²) in [6.07, 6.45) is 3.97. The van der Waals surface area contributed by atoms with Crippen LogP contribution in [0.4, 0.5) is 5.69 Å². The maximum Gasteiger partial charge on any atom is 0.312 e. The van der Waals surface area contributed by atoms with Gasteiger partial charge in [0, 0.05) is 15.9 Å². The van der Waals surface area contributed by atoms with E-state index in [0.717, 1.165) is 41.7 Å². The molecular weight excluding hydrogens is 614 g/mol. The Morgan fingerprint density at radius 2 is 1.81 bits per heavy atom. The average Bonchev–Trinajstić information content (AvgIpc) is 3.14. The molecule has 0 aliphatic carbocycles. The van der Waals surface area contributed by atoms with Crippen LogP contribution in [0.2, 0.25) is 10.0 Å². The summed E-state index contributed by atoms with van der Waals surface area (Å²) < 4.78 is 1.56. The number of nitrogens with one attached hydrogen (secondary N) is 1. The van der Waals surface area contributed by atoms with E-state index < -0.39 is 0 Å². The van der Waals surface area contributed by atoms with Crippen LogP contribution in [0.15, 0.2) is 52.0 Å². The van der Waals surface area contributed by atoms with Gasteiger partial charge in [-0.15, -0.1) is 0 Å². The van der Waals surface area contributed by atoms with Crippen LogP contribution in [0.25, 0.3) is 0 Å². The number of hydrogen-bond acceptors (Lipinski definition) is 3. The number of hydrazone groups is 1. The van der Waals surface area contributed by atoms with Crippen LogP contribution >= 0.6 is 39.1 Å². The number of carbonyl (C=O) groups is 1. The maximum atomic E-state index is 13.1. The SMILES string of the molecule is C[N+]1(NC(=O)C2=NN(c3ccc(Cl)cc3Cl)C(c3ccc(Br)cc3)C2)CCCCC1.[I-]. The molecule has 2 heterocycles. The Bertz CT molecular complexity index is 980. The minimum absolute atomic E-state index is 0. The van der Waals surface area contributed by atoms with Crippen molar-refractivity contribution in [1.82, 2.24) is 5.43 Å². The van der Waals surface area contributed by atoms with Gasteiger partial charge in [0.1, 0.15) is 18.8 Å². The van der Waals surface area contributed by atoms with Crippen molar-refractivity contribution in [1.29, 1.82) is 0 Å². The zero-order chi connectivity index (χ0) is 21.3. The van der Waals surface area contributed by atoms with Gasteiger partial charge in [-0.2, -0.15) is 10.5 Å². The first-order valence-corrected chi connectivity index (χ1v) is 11.6. The largest absolute Gasteiger partial charge is 1.00 e. The zero-order valence-corrected chi connectivity index (χ0v) is 22.4. The summed E-state index contributed by atoms with van der Waals surface area (Å²) in [6, 6.07) is 13.3. The van der Waals surface area contributed by atoms with Gasteiger partial charge in [0.05, 0.1) is 23.8 Å². The lowest BCUT2D eigenvalue weighted by molar-refractivity contribution is -0.947. The van der Waals surface area contributed by atoms with Gasteiger partial charge in [0.15, 0.2) is 0 Å². The molecule has 1 N–H and O–H groups in total. The first-order chi connectivity index (χ1) is 14.3. The predicted octanol–water partition coefficient (Wildman–Crippen LogP) is 2.73. The molecule has 2 aliphatic rings. The fourth-order valence-electron chi connectivity index (χ4n) is 4.11. The summed E-state index contributed by atoms with van der Waals surface area (Å²) >= 11 is 16.1. The van der Waals surface area contributed by atoms with E-state index in [1.165, 1.54) is 6.42 Å². The molecule has 31 heavy (non-hydrogen) atoms. The number of hydrogen-bond donors (Lipinski definition) is 1. The summed E-state index contributed by atoms with van der Waals surface area (Å²) in [5.74, 6) is -0.117. The Labute approximate surface area is 218 Å². The number of rotatable bonds is 4. The number of anilines is 1. The number of benzene rings is 2. The highest BCUT2D eigenvalue weighted by Crippen LogP contribution is 2.40. The second-order valence-electron chi connectivity index (χ2n) is 8.10. The number of likely N-dealkylation sites (tertiary alicyclic amines) is 1. The van der Waals surface area contributed by atoms with Gasteiger partial charge >= 0.3 is 5.91 Å². The Hall–Kier alpha value is -0.870. The van der Waals surface area contributed by atoms with Crippen LogP contribution in [0.5, 0.6) is 0 Å². The van der Waals surface area contributed by atoms with Crippen molar-refractivity contribution in [2.24, 2.45) is 5.10 Å². The molecule has 166 valence electrons. The van der Waals surface area contributed by atoms with Crippen molar-refractivity contribution in [2.45, 2.75) is 31.7 Å². The third kappa shape index (κ3) is 5.74. The number of nitrogens with zero attached hydrogens (tertiary/aromatic N) is 3. The first-order valence-electron chi connectivity index (χ1n) is 10.1. The average molecular weight is 638 g/mol. The van der Waals surface area contributed by atoms with E-state index in [-0.39, 0.29) is 35.9 Å². The number of carbonyl (C=O) groups excluding carboxylic acids is 1. The lowest BCUT2D eigenvalue weighted by Gasteiger charge is -2.36. The summed E-state index contributed by atoms with van der Waals surface area (Å²) in [4.78, 5) is 13.1. The predicted molar refractivity (Wildman–Crippen MR) is 126 cm³/mol. The lowest BCUT2D eigenvalue weighted by atomic mass is 10.0. The highest BCUT2D eigenvalue weighted by molar-refractivity contribution is 9.10. The summed E-state index contributed by atoms with van der Waals surface area (Å²) in [5.41, 5.74) is 5.50. The summed E-state index contributed by atoms with van der Waals surface area (Å²) in [5, 5.41) is 7.62. The molecule has 0 bridgehead atoms. The van der Waals surface area contributed by atoms with Gasteiger partial charge in [-0.1, -0.05) is 51.3 Å². The molecule has 0 aromatic heterocycles. The fourth-order valence-corrected chi connectivity index (χ4v) is 4.87. The second-order valence-corrected chi connectivity index (χ2v) is 9.86. The smallest absolute Gasteiger partial charge is 0.312 e. The molecule has 1 fully saturated rings. The molecule has 2 aliphatic heterocycles. The van der Waals surface area contributed by atoms with Crippen LogP contribution < -0.4 is 34.4 Å². The van der Waals surface area contributed by atoms with Gasteiger partial charge in [-0.05, 0) is 55.2 Å². The second kappa shape index (κ2) is 10.4. The van der Waals surface area contributed by atoms with Crippen molar-refractivity contribution in [2.75, 3.05) is 25.1 Å². The van der Waals surface area contributed by atoms with Crippen LogP contribution in [0.1, 0.15) is 37.3 Å². The topological polar surface area (TPSA) is 44.7 Å². The Morgan fingerprint density at radius 3 is 2.45 bits per heavy atom. The van der Waals surface area contributed by atoms with Gasteiger partial charge in [0.25, 0.3) is 0 Å². The molecule has 2 aromatic rings. The number of quaternary nitrogens is 1. The van der Waals surface area contributed by atoms with Gasteiger partial charge in [-0.3, -0.25) is 9.80 Å². The quantitative estimate of drug-likeness (QED) is 0.414. The molecule has 1 saturated heterocycles. The van der Waals surface area contributed by atoms with E-state index in [1.54, 1.807) is 12.1 Å². The van der Waals surface area contributed by atoms with E-state index in [2.05, 4.69) is 28.4 Å². The van der Waals surface area contributed by atoms with E-state index in [0.29, 0.717) is 26.8 Å². The summed E-state index contributed by atoms with van der Waals surface area (Å²) in [7, 11) is 2.08. The molecule has 1 unspecified atom stereocenters. The molecule has 5 nitrogen and oxygen atoms in total. The molecule has 0 radical (unpaired) electrons. The standard InChI is InChI=1S/C22H23BrCl2N4O.HI/c1-29(11-3-2-4-12-29)27-22(30)19-14-21(15-5-7-16(23)8-6-15)28(26-19)20-10-9-17(24)13-18(20)25;/h5-10,13,21H,2-4,11-12,14H2,1H3;1H. The Kier molecular flexibility index (Phi) is 8.29. The molecule has 1 amide bonds. The minimum Gasteiger partial charge on any atom is -1.00 e. The first kappa shape index (κ1) is 24.8. The van der Waals surface area contributed by atoms with Crippen molar-refractivity contribution < 1.29 is 33.4 Å². The van der Waals surface area contributed by atoms with Crippen molar-refractivity contribution in [3.63, 3.8) is 0 Å². The summed E-state index contributed by atoms with van der Waals surface area (Å²) in [6.45, 7) is 1.89. The van der Waals surface area contributed by atoms with Crippen LogP contribution in [0.3, 0.4) is 0 Å². The van der Waals surface area contributed by atoms with Gasteiger partial charge in [-0.25, -0.2) is 4.59 Å². The molecule has 9 heteroatoms. The van der Waals surface area contributed by atoms with E-state index >= 15 is 0 Å². The van der Waals surface area contributed by atoms with Crippen molar-refractivity contribution >= 4 is 56.4 Å². The number of piperidine rings is 1. The van der Waals surface area contributed by atoms with Gasteiger partial charge in [0.2, 0.25) is 0 Å². The third-order valence-corrected chi connectivity index (χ3v) is 6.83. The fraction of sp³-hybridized carbons (Fsp3) is 0.364. The molecule has 4 rings (SSSR count). The number of amides is 1. The minimum atomic E-state index is -0.121. The van der Waals surface area contributed by atoms with E-state index in [4.69, 9.17) is 28.3 Å². The molecule has 2 aromatic carbocycles. The van der Waals surface area contributed by atoms with E-state index in [1.807, 2.05) is 35.3 Å². The molecule has 0 spiro atoms. The Morgan fingerprint density at radius 1 is 1.13 bits per heavy atom. The number of halogens is 4. The maximum absolute atomic E-state index is 13.1. The zero-order valence-electron chi connectivity index (χ0n) is 17.1. The highest BCUT2D eigenvalue weighted by atomic mass is 127. The third-order valence-electron chi connectivity index (χ3n) is 5.76. The van der Waals surface area contributed by atoms with Crippen LogP contribution in [-0.4, -0.2) is 36.3 Å². The van der Waals surface area contributed by atoms with Gasteiger partial charge < -0.3 is 24.0 Å². The monoisotopic (exact) mass is 636 g/mol. The molecule has 1 atom stereocenters. The highest BCUT2D eigenvalue weighted by Gasteiger charge is 2.36. The van der Waals surface area contributed by atoms with Crippen LogP contribution in [-0.2, 0) is 4.79 Å². The molecular formula is C22H24BrCl2IN4O. The van der Waals surface area contributed by atoms with Crippen molar-refractivity contribution in [3.05, 3.63) is 62.5 Å². The lowest BCUT2D eigenvalue weighted by Crippen LogP contribution is -3.00. The normalized spacial score (nSPS) is 20.1. The van der Waals surface area contributed by atoms with E-state index in [9.17, 15) is 4.79 Å². The Balaban J connectivity index is 0.00000272. The van der Waals surface area contributed by atoms with Crippen LogP contribution in [0, 0.1) is 0 Å². The molecule has 0 saturated carbocycles. The van der Waals surface area contributed by atoms with Crippen molar-refractivity contribution in [3.8, 4) is 0 Å².